The Hall–Kier alpha value is -2.89. The number of aryl methyl sites for hydroxylation is 1. The number of aromatic amines is 1. The van der Waals surface area contributed by atoms with Crippen molar-refractivity contribution in [1.82, 2.24) is 19.5 Å². The van der Waals surface area contributed by atoms with Crippen molar-refractivity contribution in [3.05, 3.63) is 54.1 Å². The third-order valence-corrected chi connectivity index (χ3v) is 3.69. The van der Waals surface area contributed by atoms with Crippen molar-refractivity contribution in [2.75, 3.05) is 5.32 Å². The van der Waals surface area contributed by atoms with Crippen LogP contribution in [0.5, 0.6) is 0 Å². The van der Waals surface area contributed by atoms with Gasteiger partial charge in [0.05, 0.1) is 28.4 Å². The van der Waals surface area contributed by atoms with E-state index in [0.717, 1.165) is 22.1 Å². The molecule has 0 aliphatic heterocycles. The maximum absolute atomic E-state index is 13.2. The van der Waals surface area contributed by atoms with E-state index in [-0.39, 0.29) is 5.82 Å². The zero-order valence-electron chi connectivity index (χ0n) is 12.0. The summed E-state index contributed by atoms with van der Waals surface area (Å²) in [5.74, 6) is 0.352. The van der Waals surface area contributed by atoms with Gasteiger partial charge in [0.1, 0.15) is 5.82 Å². The molecule has 4 aromatic rings. The van der Waals surface area contributed by atoms with Gasteiger partial charge in [-0.2, -0.15) is 0 Å². The number of aromatic nitrogens is 4. The molecule has 2 heterocycles. The number of imidazole rings is 2. The van der Waals surface area contributed by atoms with Crippen LogP contribution in [0.1, 0.15) is 5.56 Å². The number of nitrogens with zero attached hydrogens (tertiary/aromatic N) is 3. The summed E-state index contributed by atoms with van der Waals surface area (Å²) in [6.07, 6.45) is 1.80. The monoisotopic (exact) mass is 295 g/mol. The lowest BCUT2D eigenvalue weighted by atomic mass is 10.2. The summed E-state index contributed by atoms with van der Waals surface area (Å²) in [7, 11) is 1.97. The highest BCUT2D eigenvalue weighted by atomic mass is 19.1. The molecule has 6 heteroatoms. The molecule has 0 amide bonds. The van der Waals surface area contributed by atoms with Crippen molar-refractivity contribution < 1.29 is 4.39 Å². The highest BCUT2D eigenvalue weighted by molar-refractivity contribution is 5.78. The highest BCUT2D eigenvalue weighted by Crippen LogP contribution is 2.17. The molecule has 5 nitrogen and oxygen atoms in total. The molecule has 2 aromatic carbocycles. The van der Waals surface area contributed by atoms with E-state index >= 15 is 0 Å². The topological polar surface area (TPSA) is 58.5 Å². The summed E-state index contributed by atoms with van der Waals surface area (Å²) in [4.78, 5) is 11.8. The molecule has 0 aliphatic rings. The zero-order valence-corrected chi connectivity index (χ0v) is 12.0. The van der Waals surface area contributed by atoms with Gasteiger partial charge < -0.3 is 14.9 Å². The van der Waals surface area contributed by atoms with Crippen molar-refractivity contribution in [2.24, 2.45) is 7.05 Å². The first-order valence-corrected chi connectivity index (χ1v) is 6.98. The van der Waals surface area contributed by atoms with Gasteiger partial charge in [0.2, 0.25) is 5.95 Å². The number of nitrogens with one attached hydrogen (secondary N) is 2. The van der Waals surface area contributed by atoms with Gasteiger partial charge >= 0.3 is 0 Å². The quantitative estimate of drug-likeness (QED) is 0.610. The van der Waals surface area contributed by atoms with E-state index in [1.165, 1.54) is 12.1 Å². The first-order chi connectivity index (χ1) is 10.7. The first-order valence-electron chi connectivity index (χ1n) is 6.98. The molecule has 110 valence electrons. The summed E-state index contributed by atoms with van der Waals surface area (Å²) in [6.45, 7) is 0.620. The van der Waals surface area contributed by atoms with E-state index in [1.54, 1.807) is 12.4 Å². The van der Waals surface area contributed by atoms with Crippen LogP contribution >= 0.6 is 0 Å². The maximum atomic E-state index is 13.2. The fourth-order valence-corrected chi connectivity index (χ4v) is 2.54. The molecular formula is C16H14FN5. The SMILES string of the molecule is Cn1cnc2cc(CNc3nc4ccc(F)cc4[nH]3)ccc21. The Morgan fingerprint density at radius 1 is 1.18 bits per heavy atom. The molecule has 0 unspecified atom stereocenters. The van der Waals surface area contributed by atoms with Crippen molar-refractivity contribution in [2.45, 2.75) is 6.54 Å². The van der Waals surface area contributed by atoms with E-state index in [9.17, 15) is 4.39 Å². The average molecular weight is 295 g/mol. The molecule has 0 saturated heterocycles. The van der Waals surface area contributed by atoms with E-state index in [1.807, 2.05) is 23.7 Å². The van der Waals surface area contributed by atoms with Crippen LogP contribution in [0.2, 0.25) is 0 Å². The summed E-state index contributed by atoms with van der Waals surface area (Å²) in [5, 5.41) is 3.22. The molecule has 22 heavy (non-hydrogen) atoms. The third-order valence-electron chi connectivity index (χ3n) is 3.69. The lowest BCUT2D eigenvalue weighted by Crippen LogP contribution is -2.00. The van der Waals surface area contributed by atoms with Crippen molar-refractivity contribution in [3.8, 4) is 0 Å². The minimum Gasteiger partial charge on any atom is -0.352 e. The molecular weight excluding hydrogens is 281 g/mol. The second-order valence-electron chi connectivity index (χ2n) is 5.28. The molecule has 0 bridgehead atoms. The minimum atomic E-state index is -0.275. The Bertz CT molecular complexity index is 967. The Balaban J connectivity index is 1.56. The fraction of sp³-hybridized carbons (Fsp3) is 0.125. The normalized spacial score (nSPS) is 11.4. The van der Waals surface area contributed by atoms with Gasteiger partial charge in [-0.3, -0.25) is 0 Å². The van der Waals surface area contributed by atoms with Gasteiger partial charge in [-0.1, -0.05) is 6.07 Å². The van der Waals surface area contributed by atoms with Crippen LogP contribution in [-0.4, -0.2) is 19.5 Å². The second-order valence-corrected chi connectivity index (χ2v) is 5.28. The minimum absolute atomic E-state index is 0.275. The number of hydrogen-bond acceptors (Lipinski definition) is 3. The summed E-state index contributed by atoms with van der Waals surface area (Å²) in [6, 6.07) is 10.7. The van der Waals surface area contributed by atoms with Gasteiger partial charge in [-0.25, -0.2) is 14.4 Å². The molecule has 4 rings (SSSR count). The molecule has 0 atom stereocenters. The number of hydrogen-bond donors (Lipinski definition) is 2. The van der Waals surface area contributed by atoms with Crippen LogP contribution in [0.4, 0.5) is 10.3 Å². The van der Waals surface area contributed by atoms with Crippen LogP contribution in [0.25, 0.3) is 22.1 Å². The van der Waals surface area contributed by atoms with Crippen LogP contribution in [0.15, 0.2) is 42.7 Å². The Morgan fingerprint density at radius 2 is 2.09 bits per heavy atom. The average Bonchev–Trinajstić information content (AvgIpc) is 3.08. The number of benzene rings is 2. The van der Waals surface area contributed by atoms with Crippen LogP contribution in [0.3, 0.4) is 0 Å². The third kappa shape index (κ3) is 2.18. The van der Waals surface area contributed by atoms with Crippen molar-refractivity contribution in [1.29, 1.82) is 0 Å². The lowest BCUT2D eigenvalue weighted by molar-refractivity contribution is 0.629. The number of rotatable bonds is 3. The molecule has 0 radical (unpaired) electrons. The molecule has 0 aliphatic carbocycles. The lowest BCUT2D eigenvalue weighted by Gasteiger charge is -2.03. The smallest absolute Gasteiger partial charge is 0.201 e. The number of anilines is 1. The van der Waals surface area contributed by atoms with Gasteiger partial charge in [0.25, 0.3) is 0 Å². The van der Waals surface area contributed by atoms with Crippen LogP contribution < -0.4 is 5.32 Å². The largest absolute Gasteiger partial charge is 0.352 e. The Labute approximate surface area is 125 Å². The van der Waals surface area contributed by atoms with Crippen LogP contribution in [0, 0.1) is 5.82 Å². The number of fused-ring (bicyclic) bond motifs is 2. The fourth-order valence-electron chi connectivity index (χ4n) is 2.54. The molecule has 0 spiro atoms. The second kappa shape index (κ2) is 4.84. The van der Waals surface area contributed by atoms with Crippen molar-refractivity contribution in [3.63, 3.8) is 0 Å². The zero-order chi connectivity index (χ0) is 15.1. The first kappa shape index (κ1) is 12.8. The van der Waals surface area contributed by atoms with Crippen LogP contribution in [-0.2, 0) is 13.6 Å². The Kier molecular flexibility index (Phi) is 2.82. The summed E-state index contributed by atoms with van der Waals surface area (Å²) < 4.78 is 15.2. The highest BCUT2D eigenvalue weighted by Gasteiger charge is 2.05. The predicted molar refractivity (Wildman–Crippen MR) is 84.1 cm³/mol. The predicted octanol–water partition coefficient (Wildman–Crippen LogP) is 3.20. The summed E-state index contributed by atoms with van der Waals surface area (Å²) in [5.41, 5.74) is 4.60. The summed E-state index contributed by atoms with van der Waals surface area (Å²) >= 11 is 0. The molecule has 0 saturated carbocycles. The Morgan fingerprint density at radius 3 is 3.00 bits per heavy atom. The van der Waals surface area contributed by atoms with Crippen molar-refractivity contribution >= 4 is 28.0 Å². The maximum Gasteiger partial charge on any atom is 0.201 e. The van der Waals surface area contributed by atoms with E-state index in [2.05, 4.69) is 26.3 Å². The van der Waals surface area contributed by atoms with Gasteiger partial charge in [-0.05, 0) is 35.9 Å². The molecule has 2 N–H and O–H groups in total. The van der Waals surface area contributed by atoms with Gasteiger partial charge in [-0.15, -0.1) is 0 Å². The molecule has 0 fully saturated rings. The van der Waals surface area contributed by atoms with Gasteiger partial charge in [0, 0.05) is 13.6 Å². The number of H-pyrrole nitrogens is 1. The number of halogens is 1. The van der Waals surface area contributed by atoms with E-state index < -0.39 is 0 Å². The van der Waals surface area contributed by atoms with Gasteiger partial charge in [0.15, 0.2) is 0 Å². The standard InChI is InChI=1S/C16H14FN5/c1-22-9-19-14-6-10(2-5-15(14)22)8-18-16-20-12-4-3-11(17)7-13(12)21-16/h2-7,9H,8H2,1H3,(H2,18,20,21). The molecule has 2 aromatic heterocycles. The van der Waals surface area contributed by atoms with E-state index in [4.69, 9.17) is 0 Å². The van der Waals surface area contributed by atoms with E-state index in [0.29, 0.717) is 18.0 Å².